The van der Waals surface area contributed by atoms with Crippen molar-refractivity contribution >= 4 is 5.95 Å². The molecule has 1 aliphatic rings. The molecule has 1 aliphatic carbocycles. The molecule has 4 nitrogen and oxygen atoms in total. The quantitative estimate of drug-likeness (QED) is 0.906. The van der Waals surface area contributed by atoms with E-state index in [0.29, 0.717) is 12.1 Å². The van der Waals surface area contributed by atoms with Crippen LogP contribution in [0.2, 0.25) is 0 Å². The van der Waals surface area contributed by atoms with Crippen molar-refractivity contribution in [2.24, 2.45) is 5.73 Å². The first-order chi connectivity index (χ1) is 9.10. The molecule has 1 aromatic heterocycles. The van der Waals surface area contributed by atoms with Crippen LogP contribution in [0.1, 0.15) is 50.4 Å². The van der Waals surface area contributed by atoms with Gasteiger partial charge in [0.05, 0.1) is 0 Å². The van der Waals surface area contributed by atoms with Crippen LogP contribution in [0.3, 0.4) is 0 Å². The standard InChI is InChI=1S/C15H26N4/c1-4-9-19(14-7-5-13(16)6-8-14)15-17-11(2)10-12(3)18-15/h10,13-14H,4-9,16H2,1-3H3. The molecular weight excluding hydrogens is 236 g/mol. The lowest BCUT2D eigenvalue weighted by atomic mass is 9.91. The summed E-state index contributed by atoms with van der Waals surface area (Å²) in [5, 5.41) is 0. The number of hydrogen-bond donors (Lipinski definition) is 1. The number of aromatic nitrogens is 2. The summed E-state index contributed by atoms with van der Waals surface area (Å²) in [6.07, 6.45) is 5.69. The van der Waals surface area contributed by atoms with E-state index in [2.05, 4.69) is 21.8 Å². The summed E-state index contributed by atoms with van der Waals surface area (Å²) in [7, 11) is 0. The molecule has 1 saturated carbocycles. The zero-order chi connectivity index (χ0) is 13.8. The van der Waals surface area contributed by atoms with Gasteiger partial charge in [-0.2, -0.15) is 0 Å². The Hall–Kier alpha value is -1.16. The van der Waals surface area contributed by atoms with Gasteiger partial charge in [-0.1, -0.05) is 6.92 Å². The van der Waals surface area contributed by atoms with E-state index in [-0.39, 0.29) is 0 Å². The first-order valence-electron chi connectivity index (χ1n) is 7.44. The number of nitrogens with zero attached hydrogens (tertiary/aromatic N) is 3. The zero-order valence-corrected chi connectivity index (χ0v) is 12.4. The second kappa shape index (κ2) is 6.33. The van der Waals surface area contributed by atoms with Crippen LogP contribution in [-0.2, 0) is 0 Å². The molecule has 0 spiro atoms. The maximum Gasteiger partial charge on any atom is 0.226 e. The van der Waals surface area contributed by atoms with E-state index in [0.717, 1.165) is 56.0 Å². The third kappa shape index (κ3) is 3.66. The summed E-state index contributed by atoms with van der Waals surface area (Å²) in [6.45, 7) is 7.32. The van der Waals surface area contributed by atoms with E-state index in [1.165, 1.54) is 0 Å². The second-order valence-corrected chi connectivity index (χ2v) is 5.71. The molecule has 0 saturated heterocycles. The van der Waals surface area contributed by atoms with Gasteiger partial charge in [-0.15, -0.1) is 0 Å². The molecule has 0 aromatic carbocycles. The van der Waals surface area contributed by atoms with E-state index in [1.807, 2.05) is 19.9 Å². The van der Waals surface area contributed by atoms with Gasteiger partial charge in [-0.3, -0.25) is 0 Å². The molecule has 0 amide bonds. The highest BCUT2D eigenvalue weighted by atomic mass is 15.3. The van der Waals surface area contributed by atoms with E-state index < -0.39 is 0 Å². The van der Waals surface area contributed by atoms with E-state index in [1.54, 1.807) is 0 Å². The highest BCUT2D eigenvalue weighted by Crippen LogP contribution is 2.25. The molecule has 0 aliphatic heterocycles. The van der Waals surface area contributed by atoms with Crippen LogP contribution in [-0.4, -0.2) is 28.6 Å². The Morgan fingerprint density at radius 1 is 1.16 bits per heavy atom. The fourth-order valence-corrected chi connectivity index (χ4v) is 2.94. The molecule has 1 heterocycles. The maximum absolute atomic E-state index is 6.01. The van der Waals surface area contributed by atoms with E-state index in [9.17, 15) is 0 Å². The van der Waals surface area contributed by atoms with Gasteiger partial charge < -0.3 is 10.6 Å². The maximum atomic E-state index is 6.01. The molecule has 1 aromatic rings. The van der Waals surface area contributed by atoms with Crippen LogP contribution >= 0.6 is 0 Å². The first kappa shape index (κ1) is 14.3. The topological polar surface area (TPSA) is 55.0 Å². The summed E-state index contributed by atoms with van der Waals surface area (Å²) in [6, 6.07) is 2.98. The van der Waals surface area contributed by atoms with Crippen molar-refractivity contribution in [3.8, 4) is 0 Å². The van der Waals surface area contributed by atoms with Gasteiger partial charge in [0, 0.05) is 30.0 Å². The molecule has 2 N–H and O–H groups in total. The van der Waals surface area contributed by atoms with E-state index in [4.69, 9.17) is 5.73 Å². The van der Waals surface area contributed by atoms with Crippen LogP contribution in [0.15, 0.2) is 6.07 Å². The van der Waals surface area contributed by atoms with Gasteiger partial charge >= 0.3 is 0 Å². The SMILES string of the molecule is CCCN(c1nc(C)cc(C)n1)C1CCC(N)CC1. The van der Waals surface area contributed by atoms with Crippen molar-refractivity contribution in [1.29, 1.82) is 0 Å². The predicted molar refractivity (Wildman–Crippen MR) is 79.4 cm³/mol. The lowest BCUT2D eigenvalue weighted by Crippen LogP contribution is -2.42. The van der Waals surface area contributed by atoms with E-state index >= 15 is 0 Å². The Balaban J connectivity index is 2.19. The van der Waals surface area contributed by atoms with Gasteiger partial charge in [0.1, 0.15) is 0 Å². The fraction of sp³-hybridized carbons (Fsp3) is 0.733. The molecule has 19 heavy (non-hydrogen) atoms. The Morgan fingerprint density at radius 3 is 2.26 bits per heavy atom. The molecule has 0 bridgehead atoms. The first-order valence-corrected chi connectivity index (χ1v) is 7.44. The van der Waals surface area contributed by atoms with Crippen LogP contribution in [0.25, 0.3) is 0 Å². The zero-order valence-electron chi connectivity index (χ0n) is 12.4. The predicted octanol–water partition coefficient (Wildman–Crippen LogP) is 2.58. The minimum absolute atomic E-state index is 0.389. The second-order valence-electron chi connectivity index (χ2n) is 5.71. The van der Waals surface area contributed by atoms with Crippen molar-refractivity contribution in [2.75, 3.05) is 11.4 Å². The molecular formula is C15H26N4. The fourth-order valence-electron chi connectivity index (χ4n) is 2.94. The lowest BCUT2D eigenvalue weighted by molar-refractivity contribution is 0.372. The Bertz CT molecular complexity index is 390. The minimum atomic E-state index is 0.389. The third-order valence-corrected chi connectivity index (χ3v) is 3.87. The van der Waals surface area contributed by atoms with Crippen LogP contribution < -0.4 is 10.6 Å². The summed E-state index contributed by atoms with van der Waals surface area (Å²) in [4.78, 5) is 11.7. The highest BCUT2D eigenvalue weighted by Gasteiger charge is 2.25. The summed E-state index contributed by atoms with van der Waals surface area (Å²) >= 11 is 0. The van der Waals surface area contributed by atoms with Crippen LogP contribution in [0.4, 0.5) is 5.95 Å². The van der Waals surface area contributed by atoms with Gasteiger partial charge in [0.2, 0.25) is 5.95 Å². The molecule has 2 rings (SSSR count). The highest BCUT2D eigenvalue weighted by molar-refractivity contribution is 5.34. The smallest absolute Gasteiger partial charge is 0.226 e. The molecule has 0 unspecified atom stereocenters. The Kier molecular flexibility index (Phi) is 4.75. The molecule has 1 fully saturated rings. The number of nitrogens with two attached hydrogens (primary N) is 1. The van der Waals surface area contributed by atoms with Gasteiger partial charge in [-0.25, -0.2) is 9.97 Å². The monoisotopic (exact) mass is 262 g/mol. The largest absolute Gasteiger partial charge is 0.338 e. The van der Waals surface area contributed by atoms with Crippen molar-refractivity contribution < 1.29 is 0 Å². The van der Waals surface area contributed by atoms with Gasteiger partial charge in [0.15, 0.2) is 0 Å². The number of rotatable bonds is 4. The number of aryl methyl sites for hydroxylation is 2. The summed E-state index contributed by atoms with van der Waals surface area (Å²) in [5.41, 5.74) is 8.11. The Morgan fingerprint density at radius 2 is 1.74 bits per heavy atom. The normalized spacial score (nSPS) is 23.4. The van der Waals surface area contributed by atoms with Crippen molar-refractivity contribution in [1.82, 2.24) is 9.97 Å². The van der Waals surface area contributed by atoms with Gasteiger partial charge in [0.25, 0.3) is 0 Å². The molecule has 0 radical (unpaired) electrons. The van der Waals surface area contributed by atoms with Crippen molar-refractivity contribution in [3.63, 3.8) is 0 Å². The summed E-state index contributed by atoms with van der Waals surface area (Å²) in [5.74, 6) is 0.903. The Labute approximate surface area is 116 Å². The average molecular weight is 262 g/mol. The summed E-state index contributed by atoms with van der Waals surface area (Å²) < 4.78 is 0. The number of hydrogen-bond acceptors (Lipinski definition) is 4. The van der Waals surface area contributed by atoms with Gasteiger partial charge in [-0.05, 0) is 52.0 Å². The minimum Gasteiger partial charge on any atom is -0.338 e. The average Bonchev–Trinajstić information content (AvgIpc) is 2.36. The van der Waals surface area contributed by atoms with Crippen LogP contribution in [0.5, 0.6) is 0 Å². The van der Waals surface area contributed by atoms with Crippen molar-refractivity contribution in [2.45, 2.75) is 65.0 Å². The third-order valence-electron chi connectivity index (χ3n) is 3.87. The molecule has 0 atom stereocenters. The molecule has 106 valence electrons. The van der Waals surface area contributed by atoms with Crippen LogP contribution in [0, 0.1) is 13.8 Å². The number of anilines is 1. The van der Waals surface area contributed by atoms with Crippen molar-refractivity contribution in [3.05, 3.63) is 17.5 Å². The molecule has 4 heteroatoms. The lowest BCUT2D eigenvalue weighted by Gasteiger charge is -2.36.